The maximum absolute atomic E-state index is 2.32. The van der Waals surface area contributed by atoms with Crippen LogP contribution in [0.5, 0.6) is 0 Å². The van der Waals surface area contributed by atoms with E-state index in [1.54, 1.807) is 0 Å². The van der Waals surface area contributed by atoms with Crippen molar-refractivity contribution in [2.24, 2.45) is 0 Å². The van der Waals surface area contributed by atoms with Crippen molar-refractivity contribution in [1.82, 2.24) is 0 Å². The van der Waals surface area contributed by atoms with Gasteiger partial charge in [0, 0.05) is 17.1 Å². The van der Waals surface area contributed by atoms with Gasteiger partial charge in [-0.05, 0) is 98.4 Å². The fourth-order valence-electron chi connectivity index (χ4n) is 4.40. The lowest BCUT2D eigenvalue weighted by Gasteiger charge is -2.26. The first kappa shape index (κ1) is 25.0. The van der Waals surface area contributed by atoms with E-state index in [1.807, 2.05) is 6.92 Å². The van der Waals surface area contributed by atoms with Crippen molar-refractivity contribution in [2.75, 3.05) is 4.90 Å². The Morgan fingerprint density at radius 1 is 0.806 bits per heavy atom. The molecule has 0 amide bonds. The van der Waals surface area contributed by atoms with Gasteiger partial charge in [-0.2, -0.15) is 0 Å². The summed E-state index contributed by atoms with van der Waals surface area (Å²) in [5, 5.41) is 0. The predicted molar refractivity (Wildman–Crippen MR) is 158 cm³/mol. The Balaban J connectivity index is 1.76. The first-order valence-electron chi connectivity index (χ1n) is 12.8. The fourth-order valence-corrected chi connectivity index (χ4v) is 4.40. The van der Waals surface area contributed by atoms with E-state index in [2.05, 4.69) is 152 Å². The Labute approximate surface area is 216 Å². The smallest absolute Gasteiger partial charge is 0.0462 e. The van der Waals surface area contributed by atoms with Crippen LogP contribution in [0.1, 0.15) is 43.4 Å². The van der Waals surface area contributed by atoms with Crippen LogP contribution in [-0.2, 0) is 0 Å². The molecule has 1 nitrogen and oxygen atoms in total. The number of aryl methyl sites for hydroxylation is 1. The molecule has 0 fully saturated rings. The van der Waals surface area contributed by atoms with Crippen molar-refractivity contribution < 1.29 is 0 Å². The number of hydrogen-bond acceptors (Lipinski definition) is 1. The maximum Gasteiger partial charge on any atom is 0.0462 e. The highest BCUT2D eigenvalue weighted by atomic mass is 15.1. The van der Waals surface area contributed by atoms with Gasteiger partial charge in [0.2, 0.25) is 0 Å². The van der Waals surface area contributed by atoms with Crippen LogP contribution in [0.25, 0.3) is 11.6 Å². The van der Waals surface area contributed by atoms with E-state index < -0.39 is 0 Å². The normalized spacial score (nSPS) is 14.5. The van der Waals surface area contributed by atoms with E-state index in [-0.39, 0.29) is 0 Å². The molecule has 0 saturated heterocycles. The molecule has 4 rings (SSSR count). The van der Waals surface area contributed by atoms with E-state index in [4.69, 9.17) is 0 Å². The number of nitrogens with zero attached hydrogens (tertiary/aromatic N) is 1. The molecule has 1 heteroatoms. The van der Waals surface area contributed by atoms with Crippen LogP contribution in [0.3, 0.4) is 0 Å². The zero-order chi connectivity index (χ0) is 25.2. The molecule has 0 N–H and O–H groups in total. The molecule has 0 heterocycles. The van der Waals surface area contributed by atoms with Crippen molar-refractivity contribution in [3.8, 4) is 0 Å². The second-order valence-corrected chi connectivity index (χ2v) is 8.96. The number of rotatable bonds is 8. The van der Waals surface area contributed by atoms with Gasteiger partial charge in [-0.1, -0.05) is 96.6 Å². The van der Waals surface area contributed by atoms with E-state index >= 15 is 0 Å². The van der Waals surface area contributed by atoms with Crippen molar-refractivity contribution in [1.29, 1.82) is 0 Å². The summed E-state index contributed by atoms with van der Waals surface area (Å²) in [6, 6.07) is 28.3. The summed E-state index contributed by atoms with van der Waals surface area (Å²) in [5.41, 5.74) is 9.78. The lowest BCUT2D eigenvalue weighted by atomic mass is 9.90. The van der Waals surface area contributed by atoms with E-state index in [1.165, 1.54) is 27.8 Å². The van der Waals surface area contributed by atoms with Crippen LogP contribution in [0, 0.1) is 6.92 Å². The highest BCUT2D eigenvalue weighted by molar-refractivity contribution is 5.91. The summed E-state index contributed by atoms with van der Waals surface area (Å²) >= 11 is 0. The summed E-state index contributed by atoms with van der Waals surface area (Å²) in [6.45, 7) is 6.23. The topological polar surface area (TPSA) is 3.24 Å². The zero-order valence-corrected chi connectivity index (χ0v) is 21.6. The maximum atomic E-state index is 2.32. The lowest BCUT2D eigenvalue weighted by molar-refractivity contribution is 0.997. The van der Waals surface area contributed by atoms with Crippen LogP contribution in [0.15, 0.2) is 139 Å². The SMILES string of the molecule is C/C=C/C=C(\C=C\C)N(c1ccc(C)cc1)c1ccc(/C=C(/C2=CC=CCC2)c2ccccc2)cc1. The molecule has 0 bridgehead atoms. The third-order valence-electron chi connectivity index (χ3n) is 6.25. The minimum Gasteiger partial charge on any atom is -0.311 e. The third-order valence-corrected chi connectivity index (χ3v) is 6.25. The number of benzene rings is 3. The van der Waals surface area contributed by atoms with Gasteiger partial charge in [0.1, 0.15) is 0 Å². The molecular weight excluding hydrogens is 434 g/mol. The molecule has 1 aliphatic rings. The Hall–Kier alpha value is -4.10. The summed E-state index contributed by atoms with van der Waals surface area (Å²) in [5.74, 6) is 0. The van der Waals surface area contributed by atoms with Gasteiger partial charge in [0.05, 0.1) is 0 Å². The Bertz CT molecular complexity index is 1310. The third kappa shape index (κ3) is 6.31. The number of hydrogen-bond donors (Lipinski definition) is 0. The van der Waals surface area contributed by atoms with Gasteiger partial charge < -0.3 is 4.90 Å². The highest BCUT2D eigenvalue weighted by Crippen LogP contribution is 2.34. The predicted octanol–water partition coefficient (Wildman–Crippen LogP) is 9.99. The average molecular weight is 470 g/mol. The van der Waals surface area contributed by atoms with E-state index in [9.17, 15) is 0 Å². The number of allylic oxidation sites excluding steroid dienone is 10. The summed E-state index contributed by atoms with van der Waals surface area (Å²) < 4.78 is 0. The van der Waals surface area contributed by atoms with Gasteiger partial charge in [0.25, 0.3) is 0 Å². The summed E-state index contributed by atoms with van der Waals surface area (Å²) in [4.78, 5) is 2.31. The molecule has 0 unspecified atom stereocenters. The molecule has 0 saturated carbocycles. The van der Waals surface area contributed by atoms with Crippen LogP contribution in [-0.4, -0.2) is 0 Å². The highest BCUT2D eigenvalue weighted by Gasteiger charge is 2.14. The van der Waals surface area contributed by atoms with E-state index in [0.717, 1.165) is 29.9 Å². The van der Waals surface area contributed by atoms with Crippen molar-refractivity contribution in [3.05, 3.63) is 155 Å². The minimum atomic E-state index is 1.07. The van der Waals surface area contributed by atoms with Gasteiger partial charge in [-0.25, -0.2) is 0 Å². The summed E-state index contributed by atoms with van der Waals surface area (Å²) in [7, 11) is 0. The van der Waals surface area contributed by atoms with Crippen molar-refractivity contribution >= 4 is 23.0 Å². The second-order valence-electron chi connectivity index (χ2n) is 8.96. The molecule has 3 aromatic rings. The Morgan fingerprint density at radius 2 is 1.50 bits per heavy atom. The van der Waals surface area contributed by atoms with Crippen LogP contribution < -0.4 is 4.90 Å². The second kappa shape index (κ2) is 12.6. The van der Waals surface area contributed by atoms with Gasteiger partial charge in [0.15, 0.2) is 0 Å². The Kier molecular flexibility index (Phi) is 8.72. The minimum absolute atomic E-state index is 1.07. The van der Waals surface area contributed by atoms with Crippen LogP contribution in [0.2, 0.25) is 0 Å². The fraction of sp³-hybridized carbons (Fsp3) is 0.143. The van der Waals surface area contributed by atoms with Gasteiger partial charge in [-0.15, -0.1) is 0 Å². The Morgan fingerprint density at radius 3 is 2.11 bits per heavy atom. The molecule has 0 aliphatic heterocycles. The van der Waals surface area contributed by atoms with Crippen molar-refractivity contribution in [2.45, 2.75) is 33.6 Å². The van der Waals surface area contributed by atoms with Crippen molar-refractivity contribution in [3.63, 3.8) is 0 Å². The van der Waals surface area contributed by atoms with Crippen LogP contribution in [0.4, 0.5) is 11.4 Å². The average Bonchev–Trinajstić information content (AvgIpc) is 2.93. The largest absolute Gasteiger partial charge is 0.311 e. The van der Waals surface area contributed by atoms with Gasteiger partial charge >= 0.3 is 0 Å². The standard InChI is InChI=1S/C35H35N/c1-4-6-18-32(13-5-2)36(33-23-19-28(3)20-24-33)34-25-21-29(22-26-34)27-35(30-14-9-7-10-15-30)31-16-11-8-12-17-31/h4-11,13-16,18-27H,12,17H2,1-3H3/b6-4+,13-5+,32-18+,35-27+. The van der Waals surface area contributed by atoms with Gasteiger partial charge in [-0.3, -0.25) is 0 Å². The molecule has 3 aromatic carbocycles. The molecular formula is C35H35N. The molecule has 36 heavy (non-hydrogen) atoms. The van der Waals surface area contributed by atoms with Crippen LogP contribution >= 0.6 is 0 Å². The molecule has 1 aliphatic carbocycles. The number of anilines is 2. The summed E-state index contributed by atoms with van der Waals surface area (Å²) in [6.07, 6.45) is 21.7. The monoisotopic (exact) mass is 469 g/mol. The quantitative estimate of drug-likeness (QED) is 0.234. The lowest BCUT2D eigenvalue weighted by Crippen LogP contribution is -2.15. The molecule has 0 spiro atoms. The zero-order valence-electron chi connectivity index (χ0n) is 21.6. The first-order chi connectivity index (χ1) is 17.7. The molecule has 0 atom stereocenters. The molecule has 180 valence electrons. The van der Waals surface area contributed by atoms with E-state index in [0.29, 0.717) is 0 Å². The first-order valence-corrected chi connectivity index (χ1v) is 12.8. The molecule has 0 radical (unpaired) electrons. The molecule has 0 aromatic heterocycles.